The van der Waals surface area contributed by atoms with Gasteiger partial charge in [0, 0.05) is 30.4 Å². The lowest BCUT2D eigenvalue weighted by atomic mass is 10.1. The minimum atomic E-state index is -0.701. The van der Waals surface area contributed by atoms with Crippen LogP contribution in [0.3, 0.4) is 0 Å². The number of esters is 1. The molecule has 1 aliphatic rings. The minimum absolute atomic E-state index is 0.0852. The molecule has 9 heteroatoms. The number of nitrogens with zero attached hydrogens (tertiary/aromatic N) is 3. The summed E-state index contributed by atoms with van der Waals surface area (Å²) < 4.78 is 4.83. The topological polar surface area (TPSA) is 126 Å². The van der Waals surface area contributed by atoms with Crippen molar-refractivity contribution in [1.82, 2.24) is 0 Å². The van der Waals surface area contributed by atoms with Crippen molar-refractivity contribution in [2.75, 3.05) is 29.9 Å². The summed E-state index contributed by atoms with van der Waals surface area (Å²) in [7, 11) is 0. The normalized spacial score (nSPS) is 14.0. The van der Waals surface area contributed by atoms with Crippen molar-refractivity contribution in [3.63, 3.8) is 0 Å². The zero-order valence-corrected chi connectivity index (χ0v) is 19.0. The van der Waals surface area contributed by atoms with Crippen LogP contribution in [-0.4, -0.2) is 36.5 Å². The maximum absolute atomic E-state index is 12.7. The average molecular weight is 463 g/mol. The predicted molar refractivity (Wildman–Crippen MR) is 128 cm³/mol. The number of hydrogen-bond donors (Lipinski definition) is 1. The molecule has 0 atom stereocenters. The molecule has 9 nitrogen and oxygen atoms in total. The maximum Gasteiger partial charge on any atom is 0.348 e. The van der Waals surface area contributed by atoms with Crippen LogP contribution in [0, 0.1) is 21.4 Å². The molecule has 1 amide bonds. The summed E-state index contributed by atoms with van der Waals surface area (Å²) in [6, 6.07) is 12.9. The Bertz CT molecular complexity index is 1130. The molecule has 1 saturated heterocycles. The van der Waals surface area contributed by atoms with Gasteiger partial charge in [0.25, 0.3) is 11.6 Å². The van der Waals surface area contributed by atoms with Crippen LogP contribution in [0.2, 0.25) is 0 Å². The van der Waals surface area contributed by atoms with Crippen LogP contribution in [0.1, 0.15) is 48.5 Å². The molecule has 2 aromatic rings. The highest BCUT2D eigenvalue weighted by Crippen LogP contribution is 2.31. The molecule has 0 saturated carbocycles. The molecule has 0 aromatic heterocycles. The number of hydrogen-bond acceptors (Lipinski definition) is 7. The van der Waals surface area contributed by atoms with Gasteiger partial charge in [-0.15, -0.1) is 0 Å². The summed E-state index contributed by atoms with van der Waals surface area (Å²) in [6.07, 6.45) is 5.59. The van der Waals surface area contributed by atoms with Crippen LogP contribution >= 0.6 is 0 Å². The van der Waals surface area contributed by atoms with Crippen LogP contribution in [0.15, 0.2) is 48.0 Å². The van der Waals surface area contributed by atoms with Gasteiger partial charge in [-0.05, 0) is 55.7 Å². The second-order valence-electron chi connectivity index (χ2n) is 7.83. The zero-order valence-electron chi connectivity index (χ0n) is 19.0. The van der Waals surface area contributed by atoms with Crippen LogP contribution in [0.5, 0.6) is 0 Å². The Hall–Kier alpha value is -4.19. The van der Waals surface area contributed by atoms with E-state index in [1.54, 1.807) is 43.3 Å². The van der Waals surface area contributed by atoms with E-state index in [1.807, 2.05) is 11.0 Å². The summed E-state index contributed by atoms with van der Waals surface area (Å²) in [6.45, 7) is 3.34. The van der Waals surface area contributed by atoms with Gasteiger partial charge in [0.15, 0.2) is 0 Å². The highest BCUT2D eigenvalue weighted by molar-refractivity contribution is 6.05. The van der Waals surface area contributed by atoms with E-state index in [9.17, 15) is 19.7 Å². The largest absolute Gasteiger partial charge is 0.462 e. The molecule has 1 N–H and O–H groups in total. The Kier molecular flexibility index (Phi) is 8.35. The Morgan fingerprint density at radius 2 is 1.82 bits per heavy atom. The number of anilines is 2. The van der Waals surface area contributed by atoms with E-state index in [0.717, 1.165) is 38.8 Å². The number of nitriles is 1. The van der Waals surface area contributed by atoms with Crippen molar-refractivity contribution in [3.8, 4) is 6.07 Å². The van der Waals surface area contributed by atoms with E-state index < -0.39 is 16.8 Å². The smallest absolute Gasteiger partial charge is 0.348 e. The molecular weight excluding hydrogens is 436 g/mol. The van der Waals surface area contributed by atoms with Crippen molar-refractivity contribution in [2.24, 2.45) is 0 Å². The molecule has 1 aliphatic heterocycles. The molecule has 0 radical (unpaired) electrons. The van der Waals surface area contributed by atoms with Crippen molar-refractivity contribution in [2.45, 2.75) is 32.6 Å². The van der Waals surface area contributed by atoms with Gasteiger partial charge in [0.05, 0.1) is 11.5 Å². The van der Waals surface area contributed by atoms with Crippen molar-refractivity contribution in [1.29, 1.82) is 5.26 Å². The van der Waals surface area contributed by atoms with E-state index in [-0.39, 0.29) is 23.4 Å². The summed E-state index contributed by atoms with van der Waals surface area (Å²) >= 11 is 0. The lowest BCUT2D eigenvalue weighted by Crippen LogP contribution is -2.25. The Balaban J connectivity index is 1.75. The van der Waals surface area contributed by atoms with E-state index in [0.29, 0.717) is 16.9 Å². The first-order chi connectivity index (χ1) is 16.4. The third-order valence-electron chi connectivity index (χ3n) is 5.48. The lowest BCUT2D eigenvalue weighted by molar-refractivity contribution is -0.384. The zero-order chi connectivity index (χ0) is 24.5. The van der Waals surface area contributed by atoms with Crippen LogP contribution < -0.4 is 10.2 Å². The van der Waals surface area contributed by atoms with Gasteiger partial charge < -0.3 is 15.0 Å². The van der Waals surface area contributed by atoms with Gasteiger partial charge in [-0.25, -0.2) is 4.79 Å². The molecule has 1 heterocycles. The molecule has 1 fully saturated rings. The Labute approximate surface area is 197 Å². The summed E-state index contributed by atoms with van der Waals surface area (Å²) in [4.78, 5) is 37.8. The van der Waals surface area contributed by atoms with Gasteiger partial charge in [-0.1, -0.05) is 25.0 Å². The first kappa shape index (κ1) is 24.5. The second kappa shape index (κ2) is 11.6. The standard InChI is InChI=1S/C25H26N4O5/c1-2-34-25(31)20(17-26)15-18-7-10-21(11-8-18)27-24(30)19-9-12-22(23(16-19)29(32)33)28-13-5-3-4-6-14-28/h7-12,15-16H,2-6,13-14H2,1H3,(H,27,30). The van der Waals surface area contributed by atoms with Gasteiger partial charge in [-0.3, -0.25) is 14.9 Å². The van der Waals surface area contributed by atoms with Crippen molar-refractivity contribution >= 4 is 35.0 Å². The fourth-order valence-electron chi connectivity index (χ4n) is 3.77. The van der Waals surface area contributed by atoms with Crippen molar-refractivity contribution < 1.29 is 19.2 Å². The minimum Gasteiger partial charge on any atom is -0.462 e. The van der Waals surface area contributed by atoms with E-state index in [2.05, 4.69) is 5.32 Å². The number of nitro groups is 1. The first-order valence-electron chi connectivity index (χ1n) is 11.2. The van der Waals surface area contributed by atoms with E-state index >= 15 is 0 Å². The Morgan fingerprint density at radius 3 is 2.41 bits per heavy atom. The van der Waals surface area contributed by atoms with Gasteiger partial charge >= 0.3 is 5.97 Å². The highest BCUT2D eigenvalue weighted by atomic mass is 16.6. The molecule has 0 bridgehead atoms. The van der Waals surface area contributed by atoms with Gasteiger partial charge in [-0.2, -0.15) is 5.26 Å². The third kappa shape index (κ3) is 6.19. The molecule has 2 aromatic carbocycles. The second-order valence-corrected chi connectivity index (χ2v) is 7.83. The number of ether oxygens (including phenoxy) is 1. The summed E-state index contributed by atoms with van der Waals surface area (Å²) in [5, 5.41) is 23.6. The van der Waals surface area contributed by atoms with Gasteiger partial charge in [0.1, 0.15) is 17.3 Å². The fourth-order valence-corrected chi connectivity index (χ4v) is 3.77. The third-order valence-corrected chi connectivity index (χ3v) is 5.48. The van der Waals surface area contributed by atoms with E-state index in [4.69, 9.17) is 10.00 Å². The summed E-state index contributed by atoms with van der Waals surface area (Å²) in [5.74, 6) is -1.18. The number of benzene rings is 2. The lowest BCUT2D eigenvalue weighted by Gasteiger charge is -2.22. The predicted octanol–water partition coefficient (Wildman–Crippen LogP) is 4.70. The SMILES string of the molecule is CCOC(=O)C(C#N)=Cc1ccc(NC(=O)c2ccc(N3CCCCCC3)c([N+](=O)[O-])c2)cc1. The molecule has 0 aliphatic carbocycles. The number of nitrogens with one attached hydrogen (secondary N) is 1. The maximum atomic E-state index is 12.7. The number of amides is 1. The molecular formula is C25H26N4O5. The number of carbonyl (C=O) groups is 2. The monoisotopic (exact) mass is 462 g/mol. The first-order valence-corrected chi connectivity index (χ1v) is 11.2. The summed E-state index contributed by atoms with van der Waals surface area (Å²) in [5.41, 5.74) is 1.56. The van der Waals surface area contributed by atoms with Crippen LogP contribution in [0.25, 0.3) is 6.08 Å². The van der Waals surface area contributed by atoms with Crippen LogP contribution in [0.4, 0.5) is 17.1 Å². The molecule has 3 rings (SSSR count). The molecule has 0 unspecified atom stereocenters. The fraction of sp³-hybridized carbons (Fsp3) is 0.320. The number of carbonyl (C=O) groups excluding carboxylic acids is 2. The van der Waals surface area contributed by atoms with Crippen molar-refractivity contribution in [3.05, 3.63) is 69.3 Å². The van der Waals surface area contributed by atoms with Crippen LogP contribution in [-0.2, 0) is 9.53 Å². The quantitative estimate of drug-likeness (QED) is 0.208. The number of rotatable bonds is 7. The molecule has 176 valence electrons. The molecule has 34 heavy (non-hydrogen) atoms. The van der Waals surface area contributed by atoms with E-state index in [1.165, 1.54) is 12.1 Å². The van der Waals surface area contributed by atoms with Gasteiger partial charge in [0.2, 0.25) is 0 Å². The highest BCUT2D eigenvalue weighted by Gasteiger charge is 2.22. The number of nitro benzene ring substituents is 1. The molecule has 0 spiro atoms. The average Bonchev–Trinajstić information content (AvgIpc) is 3.12. The Morgan fingerprint density at radius 1 is 1.15 bits per heavy atom.